The van der Waals surface area contributed by atoms with Gasteiger partial charge >= 0.3 is 0 Å². The van der Waals surface area contributed by atoms with Crippen LogP contribution in [0, 0.1) is 20.8 Å². The van der Waals surface area contributed by atoms with E-state index in [1.54, 1.807) is 4.68 Å². The van der Waals surface area contributed by atoms with E-state index in [0.29, 0.717) is 23.6 Å². The molecule has 2 aromatic heterocycles. The highest BCUT2D eigenvalue weighted by atomic mass is 16.1. The molecule has 0 atom stereocenters. The van der Waals surface area contributed by atoms with Crippen LogP contribution in [0.25, 0.3) is 0 Å². The lowest BCUT2D eigenvalue weighted by molar-refractivity contribution is 0.102. The highest BCUT2D eigenvalue weighted by molar-refractivity contribution is 6.05. The number of hydrogen-bond acceptors (Lipinski definition) is 3. The Labute approximate surface area is 141 Å². The maximum Gasteiger partial charge on any atom is 0.260 e. The summed E-state index contributed by atoms with van der Waals surface area (Å²) in [7, 11) is 1.83. The summed E-state index contributed by atoms with van der Waals surface area (Å²) in [6, 6.07) is 12.0. The van der Waals surface area contributed by atoms with Crippen molar-refractivity contribution < 1.29 is 4.79 Å². The predicted octanol–water partition coefficient (Wildman–Crippen LogP) is 2.84. The van der Waals surface area contributed by atoms with Crippen molar-refractivity contribution in [2.75, 3.05) is 5.32 Å². The van der Waals surface area contributed by atoms with E-state index in [9.17, 15) is 4.79 Å². The third-order valence-corrected chi connectivity index (χ3v) is 4.13. The molecular formula is C18H21N5O. The number of nitrogens with zero attached hydrogens (tertiary/aromatic N) is 4. The fourth-order valence-corrected chi connectivity index (χ4v) is 2.77. The van der Waals surface area contributed by atoms with Gasteiger partial charge in [0.25, 0.3) is 5.91 Å². The second-order valence-corrected chi connectivity index (χ2v) is 5.94. The van der Waals surface area contributed by atoms with E-state index >= 15 is 0 Å². The van der Waals surface area contributed by atoms with Crippen molar-refractivity contribution in [2.24, 2.45) is 7.05 Å². The molecule has 6 nitrogen and oxygen atoms in total. The minimum Gasteiger partial charge on any atom is -0.305 e. The molecule has 0 unspecified atom stereocenters. The van der Waals surface area contributed by atoms with Crippen LogP contribution in [-0.2, 0) is 13.6 Å². The average molecular weight is 323 g/mol. The molecule has 0 radical (unpaired) electrons. The van der Waals surface area contributed by atoms with Crippen LogP contribution < -0.4 is 5.32 Å². The fourth-order valence-electron chi connectivity index (χ4n) is 2.77. The van der Waals surface area contributed by atoms with Crippen molar-refractivity contribution in [3.05, 3.63) is 64.6 Å². The SMILES string of the molecule is Cc1nn(C)c(C)c1C(=O)Nc1cc(C)n(Cc2ccccc2)n1. The van der Waals surface area contributed by atoms with Crippen LogP contribution in [0.3, 0.4) is 0 Å². The molecule has 0 bridgehead atoms. The van der Waals surface area contributed by atoms with Crippen molar-refractivity contribution in [3.8, 4) is 0 Å². The van der Waals surface area contributed by atoms with Crippen molar-refractivity contribution >= 4 is 11.7 Å². The molecule has 0 saturated heterocycles. The van der Waals surface area contributed by atoms with Gasteiger partial charge in [0, 0.05) is 24.5 Å². The molecular weight excluding hydrogens is 302 g/mol. The van der Waals surface area contributed by atoms with Gasteiger partial charge in [0.05, 0.1) is 17.8 Å². The van der Waals surface area contributed by atoms with Crippen molar-refractivity contribution in [2.45, 2.75) is 27.3 Å². The Bertz CT molecular complexity index is 876. The molecule has 1 aromatic carbocycles. The molecule has 124 valence electrons. The zero-order valence-corrected chi connectivity index (χ0v) is 14.4. The molecule has 0 saturated carbocycles. The first kappa shape index (κ1) is 16.0. The smallest absolute Gasteiger partial charge is 0.260 e. The van der Waals surface area contributed by atoms with Crippen LogP contribution in [0.5, 0.6) is 0 Å². The zero-order valence-electron chi connectivity index (χ0n) is 14.4. The molecule has 24 heavy (non-hydrogen) atoms. The first-order chi connectivity index (χ1) is 11.5. The van der Waals surface area contributed by atoms with Gasteiger partial charge in [0.1, 0.15) is 0 Å². The Hall–Kier alpha value is -2.89. The number of aryl methyl sites for hydroxylation is 3. The molecule has 3 rings (SSSR count). The maximum absolute atomic E-state index is 12.5. The third kappa shape index (κ3) is 3.08. The van der Waals surface area contributed by atoms with Crippen molar-refractivity contribution in [1.29, 1.82) is 0 Å². The van der Waals surface area contributed by atoms with Gasteiger partial charge in [-0.2, -0.15) is 10.2 Å². The lowest BCUT2D eigenvalue weighted by Gasteiger charge is -2.04. The average Bonchev–Trinajstić information content (AvgIpc) is 2.99. The van der Waals surface area contributed by atoms with Crippen LogP contribution in [0.15, 0.2) is 36.4 Å². The number of carbonyl (C=O) groups excluding carboxylic acids is 1. The quantitative estimate of drug-likeness (QED) is 0.803. The highest BCUT2D eigenvalue weighted by Crippen LogP contribution is 2.16. The van der Waals surface area contributed by atoms with Gasteiger partial charge in [0.15, 0.2) is 5.82 Å². The van der Waals surface area contributed by atoms with Crippen LogP contribution in [0.4, 0.5) is 5.82 Å². The summed E-state index contributed by atoms with van der Waals surface area (Å²) < 4.78 is 3.59. The van der Waals surface area contributed by atoms with Gasteiger partial charge in [0.2, 0.25) is 0 Å². The molecule has 6 heteroatoms. The summed E-state index contributed by atoms with van der Waals surface area (Å²) in [5.74, 6) is 0.374. The number of aromatic nitrogens is 4. The maximum atomic E-state index is 12.5. The first-order valence-electron chi connectivity index (χ1n) is 7.85. The molecule has 0 spiro atoms. The molecule has 2 heterocycles. The van der Waals surface area contributed by atoms with Gasteiger partial charge in [-0.15, -0.1) is 0 Å². The Morgan fingerprint density at radius 3 is 2.46 bits per heavy atom. The van der Waals surface area contributed by atoms with Gasteiger partial charge in [-0.25, -0.2) is 0 Å². The minimum absolute atomic E-state index is 0.178. The van der Waals surface area contributed by atoms with Gasteiger partial charge in [-0.05, 0) is 26.3 Å². The van der Waals surface area contributed by atoms with E-state index < -0.39 is 0 Å². The predicted molar refractivity (Wildman–Crippen MR) is 93.1 cm³/mol. The van der Waals surface area contributed by atoms with E-state index in [0.717, 1.165) is 11.4 Å². The van der Waals surface area contributed by atoms with Crippen molar-refractivity contribution in [3.63, 3.8) is 0 Å². The molecule has 3 aromatic rings. The summed E-state index contributed by atoms with van der Waals surface area (Å²) in [5, 5.41) is 11.7. The fraction of sp³-hybridized carbons (Fsp3) is 0.278. The van der Waals surface area contributed by atoms with Gasteiger partial charge in [-0.1, -0.05) is 30.3 Å². The number of rotatable bonds is 4. The number of amides is 1. The Morgan fingerprint density at radius 1 is 1.12 bits per heavy atom. The largest absolute Gasteiger partial charge is 0.305 e. The van der Waals surface area contributed by atoms with Crippen molar-refractivity contribution in [1.82, 2.24) is 19.6 Å². The molecule has 0 aliphatic heterocycles. The van der Waals surface area contributed by atoms with Crippen LogP contribution in [0.1, 0.15) is 33.0 Å². The second-order valence-electron chi connectivity index (χ2n) is 5.94. The summed E-state index contributed by atoms with van der Waals surface area (Å²) in [4.78, 5) is 12.5. The monoisotopic (exact) mass is 323 g/mol. The summed E-state index contributed by atoms with van der Waals surface area (Å²) in [6.45, 7) is 6.37. The topological polar surface area (TPSA) is 64.7 Å². The normalized spacial score (nSPS) is 10.8. The number of hydrogen-bond donors (Lipinski definition) is 1. The minimum atomic E-state index is -0.178. The van der Waals surface area contributed by atoms with E-state index in [1.807, 2.05) is 56.8 Å². The van der Waals surface area contributed by atoms with Crippen LogP contribution >= 0.6 is 0 Å². The van der Waals surface area contributed by atoms with E-state index in [2.05, 4.69) is 27.6 Å². The lowest BCUT2D eigenvalue weighted by Crippen LogP contribution is -2.15. The number of anilines is 1. The number of carbonyl (C=O) groups is 1. The molecule has 0 fully saturated rings. The Kier molecular flexibility index (Phi) is 4.20. The molecule has 0 aliphatic rings. The summed E-state index contributed by atoms with van der Waals surface area (Å²) >= 11 is 0. The lowest BCUT2D eigenvalue weighted by atomic mass is 10.2. The number of benzene rings is 1. The highest BCUT2D eigenvalue weighted by Gasteiger charge is 2.18. The molecule has 0 aliphatic carbocycles. The van der Waals surface area contributed by atoms with Gasteiger partial charge < -0.3 is 5.32 Å². The standard InChI is InChI=1S/C18H21N5O/c1-12-10-16(21-23(12)11-15-8-6-5-7-9-15)19-18(24)17-13(2)20-22(4)14(17)3/h5-10H,11H2,1-4H3,(H,19,21,24). The summed E-state index contributed by atoms with van der Waals surface area (Å²) in [5.41, 5.74) is 4.32. The first-order valence-corrected chi connectivity index (χ1v) is 7.85. The molecule has 1 amide bonds. The van der Waals surface area contributed by atoms with E-state index in [4.69, 9.17) is 0 Å². The van der Waals surface area contributed by atoms with Crippen LogP contribution in [0.2, 0.25) is 0 Å². The summed E-state index contributed by atoms with van der Waals surface area (Å²) in [6.07, 6.45) is 0. The number of nitrogens with one attached hydrogen (secondary N) is 1. The third-order valence-electron chi connectivity index (χ3n) is 4.13. The zero-order chi connectivity index (χ0) is 17.3. The Balaban J connectivity index is 1.79. The van der Waals surface area contributed by atoms with Crippen LogP contribution in [-0.4, -0.2) is 25.5 Å². The molecule has 1 N–H and O–H groups in total. The Morgan fingerprint density at radius 2 is 1.83 bits per heavy atom. The van der Waals surface area contributed by atoms with E-state index in [1.165, 1.54) is 5.56 Å². The van der Waals surface area contributed by atoms with E-state index in [-0.39, 0.29) is 5.91 Å². The second kappa shape index (κ2) is 6.31. The van der Waals surface area contributed by atoms with Gasteiger partial charge in [-0.3, -0.25) is 14.2 Å².